The van der Waals surface area contributed by atoms with Crippen LogP contribution in [0.3, 0.4) is 0 Å². The SMILES string of the molecule is CC(=O)OCC(=O)[C@H]1CC[C@H]2[C@@H]3C[C@H](O)C4=CC(=O)CC[C@]4(C)[C@H]3CC[C@]12C. The van der Waals surface area contributed by atoms with Crippen molar-refractivity contribution < 1.29 is 24.2 Å². The molecule has 0 aromatic carbocycles. The van der Waals surface area contributed by atoms with Crippen LogP contribution < -0.4 is 0 Å². The van der Waals surface area contributed by atoms with Crippen LogP contribution in [-0.4, -0.2) is 35.4 Å². The van der Waals surface area contributed by atoms with Gasteiger partial charge in [-0.3, -0.25) is 14.4 Å². The number of carbonyl (C=O) groups excluding carboxylic acids is 3. The van der Waals surface area contributed by atoms with Crippen molar-refractivity contribution in [1.29, 1.82) is 0 Å². The van der Waals surface area contributed by atoms with Crippen molar-refractivity contribution in [3.8, 4) is 0 Å². The van der Waals surface area contributed by atoms with Crippen molar-refractivity contribution in [2.45, 2.75) is 71.8 Å². The third-order valence-electron chi connectivity index (χ3n) is 8.78. The van der Waals surface area contributed by atoms with E-state index < -0.39 is 12.1 Å². The molecule has 0 heterocycles. The van der Waals surface area contributed by atoms with Crippen molar-refractivity contribution in [3.05, 3.63) is 11.6 Å². The van der Waals surface area contributed by atoms with Gasteiger partial charge in [-0.15, -0.1) is 0 Å². The normalized spacial score (nSPS) is 44.8. The topological polar surface area (TPSA) is 80.7 Å². The number of rotatable bonds is 3. The van der Waals surface area contributed by atoms with E-state index in [0.717, 1.165) is 37.7 Å². The number of ketones is 2. The quantitative estimate of drug-likeness (QED) is 0.751. The maximum Gasteiger partial charge on any atom is 0.303 e. The Bertz CT molecular complexity index is 739. The molecular formula is C23H32O5. The standard InChI is InChI=1S/C23H32O5/c1-13(24)28-12-21(27)18-5-4-16-15-11-20(26)19-10-14(25)6-8-23(19,3)17(15)7-9-22(16,18)2/h10,15-18,20,26H,4-9,11-12H2,1-3H3/t15-,16-,17-,18+,20-,22-,23+/m0/s1. The second-order valence-electron chi connectivity index (χ2n) is 10.0. The molecule has 7 atom stereocenters. The molecule has 1 N–H and O–H groups in total. The van der Waals surface area contributed by atoms with Crippen molar-refractivity contribution in [2.24, 2.45) is 34.5 Å². The van der Waals surface area contributed by atoms with E-state index in [-0.39, 0.29) is 34.9 Å². The molecule has 0 aliphatic heterocycles. The lowest BCUT2D eigenvalue weighted by Gasteiger charge is -2.59. The van der Waals surface area contributed by atoms with Crippen LogP contribution in [0.25, 0.3) is 0 Å². The van der Waals surface area contributed by atoms with Gasteiger partial charge in [0.15, 0.2) is 11.6 Å². The molecule has 0 spiro atoms. The third kappa shape index (κ3) is 2.89. The summed E-state index contributed by atoms with van der Waals surface area (Å²) in [6.45, 7) is 5.70. The Morgan fingerprint density at radius 1 is 1.18 bits per heavy atom. The number of carbonyl (C=O) groups is 3. The highest BCUT2D eigenvalue weighted by molar-refractivity contribution is 5.92. The number of aliphatic hydroxyl groups is 1. The van der Waals surface area contributed by atoms with Crippen LogP contribution in [0.2, 0.25) is 0 Å². The summed E-state index contributed by atoms with van der Waals surface area (Å²) in [7, 11) is 0. The molecule has 154 valence electrons. The lowest BCUT2D eigenvalue weighted by atomic mass is 9.46. The Balaban J connectivity index is 1.59. The molecule has 0 saturated heterocycles. The Kier molecular flexibility index (Phi) is 4.80. The first-order valence-electron chi connectivity index (χ1n) is 10.8. The molecule has 4 rings (SSSR count). The lowest BCUT2D eigenvalue weighted by molar-refractivity contribution is -0.149. The summed E-state index contributed by atoms with van der Waals surface area (Å²) in [6, 6.07) is 0. The molecular weight excluding hydrogens is 356 g/mol. The zero-order valence-corrected chi connectivity index (χ0v) is 17.2. The fourth-order valence-electron chi connectivity index (χ4n) is 7.41. The first-order chi connectivity index (χ1) is 13.2. The Morgan fingerprint density at radius 2 is 1.93 bits per heavy atom. The summed E-state index contributed by atoms with van der Waals surface area (Å²) in [6.07, 6.45) is 7.13. The van der Waals surface area contributed by atoms with Gasteiger partial charge in [-0.05, 0) is 78.8 Å². The molecule has 0 bridgehead atoms. The zero-order valence-electron chi connectivity index (χ0n) is 17.2. The average molecular weight is 389 g/mol. The largest absolute Gasteiger partial charge is 0.458 e. The van der Waals surface area contributed by atoms with Gasteiger partial charge in [-0.2, -0.15) is 0 Å². The molecule has 3 fully saturated rings. The number of Topliss-reactive ketones (excluding diaryl/α,β-unsaturated/α-hetero) is 1. The maximum absolute atomic E-state index is 12.8. The summed E-state index contributed by atoms with van der Waals surface area (Å²) in [5.41, 5.74) is 0.770. The fourth-order valence-corrected chi connectivity index (χ4v) is 7.41. The van der Waals surface area contributed by atoms with Gasteiger partial charge >= 0.3 is 5.97 Å². The Labute approximate surface area is 166 Å². The first kappa shape index (κ1) is 19.8. The summed E-state index contributed by atoms with van der Waals surface area (Å²) in [5, 5.41) is 10.9. The number of hydrogen-bond donors (Lipinski definition) is 1. The summed E-state index contributed by atoms with van der Waals surface area (Å²) in [4.78, 5) is 35.9. The summed E-state index contributed by atoms with van der Waals surface area (Å²) < 4.78 is 4.99. The summed E-state index contributed by atoms with van der Waals surface area (Å²) in [5.74, 6) is 0.973. The molecule has 4 aliphatic rings. The molecule has 4 aliphatic carbocycles. The second kappa shape index (κ2) is 6.79. The van der Waals surface area contributed by atoms with E-state index in [2.05, 4.69) is 13.8 Å². The molecule has 28 heavy (non-hydrogen) atoms. The first-order valence-corrected chi connectivity index (χ1v) is 10.8. The van der Waals surface area contributed by atoms with E-state index in [4.69, 9.17) is 4.74 Å². The number of fused-ring (bicyclic) bond motifs is 5. The van der Waals surface area contributed by atoms with E-state index >= 15 is 0 Å². The zero-order chi connectivity index (χ0) is 20.3. The van der Waals surface area contributed by atoms with Crippen LogP contribution in [0.4, 0.5) is 0 Å². The third-order valence-corrected chi connectivity index (χ3v) is 8.78. The van der Waals surface area contributed by atoms with Crippen LogP contribution in [0.5, 0.6) is 0 Å². The van der Waals surface area contributed by atoms with Crippen LogP contribution in [0.1, 0.15) is 65.7 Å². The van der Waals surface area contributed by atoms with Gasteiger partial charge in [0.1, 0.15) is 6.61 Å². The van der Waals surface area contributed by atoms with E-state index in [1.165, 1.54) is 6.92 Å². The van der Waals surface area contributed by atoms with Crippen LogP contribution in [0, 0.1) is 34.5 Å². The predicted molar refractivity (Wildman–Crippen MR) is 103 cm³/mol. The van der Waals surface area contributed by atoms with Gasteiger partial charge in [-0.1, -0.05) is 13.8 Å². The van der Waals surface area contributed by atoms with Crippen LogP contribution in [0.15, 0.2) is 11.6 Å². The van der Waals surface area contributed by atoms with E-state index in [9.17, 15) is 19.5 Å². The highest BCUT2D eigenvalue weighted by Crippen LogP contribution is 2.66. The van der Waals surface area contributed by atoms with E-state index in [0.29, 0.717) is 30.6 Å². The van der Waals surface area contributed by atoms with E-state index in [1.54, 1.807) is 6.08 Å². The number of hydrogen-bond acceptors (Lipinski definition) is 5. The number of esters is 1. The second-order valence-corrected chi connectivity index (χ2v) is 10.0. The van der Waals surface area contributed by atoms with Gasteiger partial charge in [-0.25, -0.2) is 0 Å². The predicted octanol–water partition coefficient (Wildman–Crippen LogP) is 3.24. The minimum atomic E-state index is -0.548. The molecule has 0 aromatic heterocycles. The summed E-state index contributed by atoms with van der Waals surface area (Å²) >= 11 is 0. The molecule has 5 heteroatoms. The van der Waals surface area contributed by atoms with Gasteiger partial charge < -0.3 is 9.84 Å². The Hall–Kier alpha value is -1.49. The molecule has 0 unspecified atom stereocenters. The van der Waals surface area contributed by atoms with Gasteiger partial charge in [0.05, 0.1) is 6.10 Å². The average Bonchev–Trinajstić information content (AvgIpc) is 2.99. The van der Waals surface area contributed by atoms with Crippen molar-refractivity contribution in [1.82, 2.24) is 0 Å². The van der Waals surface area contributed by atoms with Gasteiger partial charge in [0.2, 0.25) is 0 Å². The number of aliphatic hydroxyl groups excluding tert-OH is 1. The highest BCUT2D eigenvalue weighted by atomic mass is 16.5. The van der Waals surface area contributed by atoms with Crippen molar-refractivity contribution >= 4 is 17.5 Å². The van der Waals surface area contributed by atoms with Crippen molar-refractivity contribution in [2.75, 3.05) is 6.61 Å². The van der Waals surface area contributed by atoms with Crippen LogP contribution in [-0.2, 0) is 19.1 Å². The smallest absolute Gasteiger partial charge is 0.303 e. The molecule has 0 aromatic rings. The lowest BCUT2D eigenvalue weighted by Crippen LogP contribution is -2.54. The highest BCUT2D eigenvalue weighted by Gasteiger charge is 2.61. The number of ether oxygens (including phenoxy) is 1. The molecule has 3 saturated carbocycles. The minimum absolute atomic E-state index is 0.0464. The van der Waals surface area contributed by atoms with Crippen molar-refractivity contribution in [3.63, 3.8) is 0 Å². The van der Waals surface area contributed by atoms with Crippen LogP contribution >= 0.6 is 0 Å². The maximum atomic E-state index is 12.8. The molecule has 0 amide bonds. The Morgan fingerprint density at radius 3 is 2.64 bits per heavy atom. The minimum Gasteiger partial charge on any atom is -0.458 e. The monoisotopic (exact) mass is 388 g/mol. The molecule has 0 radical (unpaired) electrons. The molecule has 5 nitrogen and oxygen atoms in total. The van der Waals surface area contributed by atoms with Gasteiger partial charge in [0.25, 0.3) is 0 Å². The van der Waals surface area contributed by atoms with Gasteiger partial charge in [0, 0.05) is 19.3 Å². The van der Waals surface area contributed by atoms with E-state index in [1.807, 2.05) is 0 Å². The fraction of sp³-hybridized carbons (Fsp3) is 0.783.